The van der Waals surface area contributed by atoms with Gasteiger partial charge in [-0.1, -0.05) is 135 Å². The summed E-state index contributed by atoms with van der Waals surface area (Å²) >= 11 is 0. The van der Waals surface area contributed by atoms with Crippen LogP contribution < -0.4 is 4.90 Å². The molecule has 0 N–H and O–H groups in total. The molecule has 0 amide bonds. The monoisotopic (exact) mass is 617 g/mol. The molecule has 0 saturated carbocycles. The van der Waals surface area contributed by atoms with Gasteiger partial charge in [-0.2, -0.15) is 0 Å². The van der Waals surface area contributed by atoms with Crippen molar-refractivity contribution in [3.05, 3.63) is 174 Å². The molecule has 232 valence electrons. The third kappa shape index (κ3) is 4.68. The first kappa shape index (κ1) is 28.8. The lowest BCUT2D eigenvalue weighted by Gasteiger charge is -2.31. The van der Waals surface area contributed by atoms with Crippen molar-refractivity contribution >= 4 is 27.8 Å². The lowest BCUT2D eigenvalue weighted by molar-refractivity contribution is 0.660. The van der Waals surface area contributed by atoms with Gasteiger partial charge in [-0.3, -0.25) is 0 Å². The molecule has 0 heterocycles. The number of rotatable bonds is 5. The summed E-state index contributed by atoms with van der Waals surface area (Å²) < 4.78 is 0. The third-order valence-corrected chi connectivity index (χ3v) is 10.8. The summed E-state index contributed by atoms with van der Waals surface area (Å²) in [6, 6.07) is 56.6. The first-order valence-electron chi connectivity index (χ1n) is 17.4. The van der Waals surface area contributed by atoms with Gasteiger partial charge in [0, 0.05) is 22.1 Å². The predicted octanol–water partition coefficient (Wildman–Crippen LogP) is 12.8. The van der Waals surface area contributed by atoms with Gasteiger partial charge in [0.1, 0.15) is 0 Å². The van der Waals surface area contributed by atoms with Crippen LogP contribution in [0.5, 0.6) is 0 Å². The van der Waals surface area contributed by atoms with E-state index >= 15 is 0 Å². The van der Waals surface area contributed by atoms with Crippen LogP contribution in [0, 0.1) is 0 Å². The third-order valence-electron chi connectivity index (χ3n) is 10.8. The second kappa shape index (κ2) is 11.4. The molecular formula is C47H39N. The van der Waals surface area contributed by atoms with Crippen LogP contribution in [-0.2, 0) is 18.3 Å². The first-order chi connectivity index (χ1) is 23.6. The van der Waals surface area contributed by atoms with Crippen molar-refractivity contribution in [2.45, 2.75) is 44.9 Å². The Morgan fingerprint density at radius 3 is 2.00 bits per heavy atom. The van der Waals surface area contributed by atoms with E-state index in [0.717, 1.165) is 12.1 Å². The second-order valence-corrected chi connectivity index (χ2v) is 14.0. The van der Waals surface area contributed by atoms with Crippen LogP contribution in [0.3, 0.4) is 0 Å². The lowest BCUT2D eigenvalue weighted by atomic mass is 9.81. The molecule has 0 aliphatic heterocycles. The first-order valence-corrected chi connectivity index (χ1v) is 17.4. The Kier molecular flexibility index (Phi) is 6.83. The quantitative estimate of drug-likeness (QED) is 0.186. The fourth-order valence-electron chi connectivity index (χ4n) is 8.30. The Bertz CT molecular complexity index is 2300. The van der Waals surface area contributed by atoms with E-state index in [1.54, 1.807) is 0 Å². The topological polar surface area (TPSA) is 3.24 Å². The van der Waals surface area contributed by atoms with Crippen molar-refractivity contribution in [2.24, 2.45) is 0 Å². The summed E-state index contributed by atoms with van der Waals surface area (Å²) in [4.78, 5) is 2.52. The molecule has 1 heteroatoms. The highest BCUT2D eigenvalue weighted by Crippen LogP contribution is 2.54. The van der Waals surface area contributed by atoms with Gasteiger partial charge in [0.15, 0.2) is 0 Å². The molecule has 0 bridgehead atoms. The summed E-state index contributed by atoms with van der Waals surface area (Å²) in [6.07, 6.45) is 4.90. The van der Waals surface area contributed by atoms with E-state index in [-0.39, 0.29) is 5.41 Å². The van der Waals surface area contributed by atoms with Gasteiger partial charge in [0.2, 0.25) is 0 Å². The molecule has 0 unspecified atom stereocenters. The molecule has 2 aliphatic rings. The zero-order chi connectivity index (χ0) is 32.2. The second-order valence-electron chi connectivity index (χ2n) is 14.0. The van der Waals surface area contributed by atoms with Gasteiger partial charge in [-0.25, -0.2) is 0 Å². The Hall–Kier alpha value is -5.40. The van der Waals surface area contributed by atoms with Crippen LogP contribution in [0.2, 0.25) is 0 Å². The maximum absolute atomic E-state index is 2.52. The molecule has 7 aromatic carbocycles. The van der Waals surface area contributed by atoms with Gasteiger partial charge in [-0.15, -0.1) is 0 Å². The molecule has 0 saturated heterocycles. The smallest absolute Gasteiger partial charge is 0.0543 e. The highest BCUT2D eigenvalue weighted by Gasteiger charge is 2.37. The van der Waals surface area contributed by atoms with Crippen molar-refractivity contribution < 1.29 is 0 Å². The Morgan fingerprint density at radius 2 is 1.15 bits per heavy atom. The minimum atomic E-state index is -0.114. The van der Waals surface area contributed by atoms with Gasteiger partial charge >= 0.3 is 0 Å². The highest BCUT2D eigenvalue weighted by atomic mass is 15.1. The minimum Gasteiger partial charge on any atom is -0.309 e. The molecule has 0 spiro atoms. The number of anilines is 3. The predicted molar refractivity (Wildman–Crippen MR) is 204 cm³/mol. The van der Waals surface area contributed by atoms with Gasteiger partial charge in [-0.05, 0) is 111 Å². The summed E-state index contributed by atoms with van der Waals surface area (Å²) in [7, 11) is 0. The van der Waals surface area contributed by atoms with Gasteiger partial charge in [0.25, 0.3) is 0 Å². The molecule has 2 aliphatic carbocycles. The van der Waals surface area contributed by atoms with Crippen LogP contribution in [0.25, 0.3) is 44.2 Å². The maximum Gasteiger partial charge on any atom is 0.0543 e. The Morgan fingerprint density at radius 1 is 0.458 bits per heavy atom. The number of nitrogens with zero attached hydrogens (tertiary/aromatic N) is 1. The molecule has 0 radical (unpaired) electrons. The zero-order valence-electron chi connectivity index (χ0n) is 27.7. The van der Waals surface area contributed by atoms with E-state index in [0.29, 0.717) is 0 Å². The van der Waals surface area contributed by atoms with Crippen LogP contribution in [0.1, 0.15) is 48.9 Å². The zero-order valence-corrected chi connectivity index (χ0v) is 27.7. The van der Waals surface area contributed by atoms with E-state index in [1.807, 2.05) is 0 Å². The molecule has 9 rings (SSSR count). The molecule has 0 fully saturated rings. The summed E-state index contributed by atoms with van der Waals surface area (Å²) in [5, 5.41) is 2.48. The van der Waals surface area contributed by atoms with Crippen LogP contribution >= 0.6 is 0 Å². The molecule has 0 aromatic heterocycles. The fraction of sp³-hybridized carbons (Fsp3) is 0.149. The average Bonchev–Trinajstić information content (AvgIpc) is 3.37. The number of hydrogen-bond acceptors (Lipinski definition) is 1. The van der Waals surface area contributed by atoms with Gasteiger partial charge < -0.3 is 4.90 Å². The average molecular weight is 618 g/mol. The number of fused-ring (bicyclic) bond motifs is 5. The maximum atomic E-state index is 2.52. The Balaban J connectivity index is 1.33. The molecule has 1 nitrogen and oxygen atoms in total. The van der Waals surface area contributed by atoms with E-state index in [2.05, 4.69) is 170 Å². The van der Waals surface area contributed by atoms with Crippen molar-refractivity contribution in [3.8, 4) is 33.4 Å². The Labute approximate surface area is 284 Å². The van der Waals surface area contributed by atoms with E-state index < -0.39 is 0 Å². The standard InChI is InChI=1S/C47H39N/c1-47(2)43-21-11-10-20-40(43)42-30-41(37-24-23-33-15-6-7-17-36(33)29-37)46(31-44(42)47)48(45-22-12-18-35-16-8-9-19-39(35)45)38-27-25-34(26-28-38)32-13-4-3-5-14-32/h3-5,8-14,16,18-31H,6-7,15,17H2,1-2H3. The van der Waals surface area contributed by atoms with Crippen LogP contribution in [0.4, 0.5) is 17.1 Å². The molecular weight excluding hydrogens is 579 g/mol. The normalized spacial score (nSPS) is 14.3. The van der Waals surface area contributed by atoms with Crippen molar-refractivity contribution in [1.29, 1.82) is 0 Å². The molecule has 7 aromatic rings. The lowest BCUT2D eigenvalue weighted by Crippen LogP contribution is -2.17. The number of hydrogen-bond donors (Lipinski definition) is 0. The summed E-state index contributed by atoms with van der Waals surface area (Å²) in [6.45, 7) is 4.77. The SMILES string of the molecule is CC1(C)c2ccccc2-c2cc(-c3ccc4c(c3)CCCC4)c(N(c3ccc(-c4ccccc4)cc3)c3cccc4ccccc34)cc21. The van der Waals surface area contributed by atoms with Crippen molar-refractivity contribution in [1.82, 2.24) is 0 Å². The minimum absolute atomic E-state index is 0.114. The number of aryl methyl sites for hydroxylation is 2. The summed E-state index contributed by atoms with van der Waals surface area (Å²) in [5.74, 6) is 0. The molecule has 0 atom stereocenters. The van der Waals surface area contributed by atoms with E-state index in [9.17, 15) is 0 Å². The van der Waals surface area contributed by atoms with Crippen LogP contribution in [-0.4, -0.2) is 0 Å². The van der Waals surface area contributed by atoms with Crippen molar-refractivity contribution in [3.63, 3.8) is 0 Å². The van der Waals surface area contributed by atoms with Crippen LogP contribution in [0.15, 0.2) is 152 Å². The van der Waals surface area contributed by atoms with E-state index in [4.69, 9.17) is 0 Å². The number of benzene rings is 7. The molecule has 48 heavy (non-hydrogen) atoms. The fourth-order valence-corrected chi connectivity index (χ4v) is 8.30. The highest BCUT2D eigenvalue weighted by molar-refractivity contribution is 6.02. The largest absolute Gasteiger partial charge is 0.309 e. The van der Waals surface area contributed by atoms with Gasteiger partial charge in [0.05, 0.1) is 11.4 Å². The van der Waals surface area contributed by atoms with E-state index in [1.165, 1.54) is 97.0 Å². The van der Waals surface area contributed by atoms with Crippen molar-refractivity contribution in [2.75, 3.05) is 4.90 Å². The summed E-state index contributed by atoms with van der Waals surface area (Å²) in [5.41, 5.74) is 17.0.